The number of sulfonamides is 1. The van der Waals surface area contributed by atoms with Gasteiger partial charge in [-0.15, -0.1) is 0 Å². The second-order valence-corrected chi connectivity index (χ2v) is 7.70. The Morgan fingerprint density at radius 2 is 2.00 bits per heavy atom. The van der Waals surface area contributed by atoms with Gasteiger partial charge in [-0.3, -0.25) is 4.72 Å². The van der Waals surface area contributed by atoms with Crippen molar-refractivity contribution in [3.05, 3.63) is 41.6 Å². The fourth-order valence-electron chi connectivity index (χ4n) is 1.89. The maximum Gasteiger partial charge on any atom is 0.263 e. The largest absolute Gasteiger partial charge is 0.495 e. The van der Waals surface area contributed by atoms with E-state index in [9.17, 15) is 8.42 Å². The minimum atomic E-state index is -3.77. The SMILES string of the molecule is COc1ccc(S(=O)(=O)Nc2ccc(NCC(C)C)cn2)cc1Cl. The molecule has 1 aromatic heterocycles. The van der Waals surface area contributed by atoms with E-state index in [4.69, 9.17) is 16.3 Å². The molecule has 1 aromatic carbocycles. The number of benzene rings is 1. The summed E-state index contributed by atoms with van der Waals surface area (Å²) in [6.07, 6.45) is 1.58. The third-order valence-corrected chi connectivity index (χ3v) is 4.80. The average Bonchev–Trinajstić information content (AvgIpc) is 2.53. The second-order valence-electron chi connectivity index (χ2n) is 5.61. The summed E-state index contributed by atoms with van der Waals surface area (Å²) in [6, 6.07) is 7.63. The molecule has 2 aromatic rings. The monoisotopic (exact) mass is 369 g/mol. The van der Waals surface area contributed by atoms with Gasteiger partial charge in [0.05, 0.1) is 28.9 Å². The number of nitrogens with one attached hydrogen (secondary N) is 2. The van der Waals surface area contributed by atoms with Crippen molar-refractivity contribution < 1.29 is 13.2 Å². The molecule has 0 aliphatic carbocycles. The summed E-state index contributed by atoms with van der Waals surface area (Å²) in [6.45, 7) is 5.02. The van der Waals surface area contributed by atoms with E-state index in [1.807, 2.05) is 0 Å². The molecule has 0 saturated heterocycles. The lowest BCUT2D eigenvalue weighted by atomic mass is 10.2. The molecule has 0 bridgehead atoms. The van der Waals surface area contributed by atoms with Gasteiger partial charge in [0.25, 0.3) is 10.0 Å². The molecule has 0 unspecified atom stereocenters. The molecule has 0 radical (unpaired) electrons. The van der Waals surface area contributed by atoms with E-state index in [0.29, 0.717) is 11.7 Å². The molecule has 8 heteroatoms. The van der Waals surface area contributed by atoms with E-state index in [0.717, 1.165) is 12.2 Å². The number of ether oxygens (including phenoxy) is 1. The minimum absolute atomic E-state index is 0.0390. The van der Waals surface area contributed by atoms with Crippen LogP contribution in [0, 0.1) is 5.92 Å². The molecule has 6 nitrogen and oxygen atoms in total. The first-order chi connectivity index (χ1) is 11.3. The number of rotatable bonds is 7. The fraction of sp³-hybridized carbons (Fsp3) is 0.312. The van der Waals surface area contributed by atoms with E-state index >= 15 is 0 Å². The highest BCUT2D eigenvalue weighted by atomic mass is 35.5. The van der Waals surface area contributed by atoms with Crippen molar-refractivity contribution in [3.8, 4) is 5.75 Å². The molecule has 0 atom stereocenters. The van der Waals surface area contributed by atoms with Gasteiger partial charge in [0.2, 0.25) is 0 Å². The Morgan fingerprint density at radius 1 is 1.25 bits per heavy atom. The molecule has 0 aliphatic heterocycles. The van der Waals surface area contributed by atoms with Crippen LogP contribution in [0.1, 0.15) is 13.8 Å². The van der Waals surface area contributed by atoms with Crippen molar-refractivity contribution in [2.75, 3.05) is 23.7 Å². The quantitative estimate of drug-likeness (QED) is 0.779. The van der Waals surface area contributed by atoms with Gasteiger partial charge in [0.15, 0.2) is 0 Å². The highest BCUT2D eigenvalue weighted by Crippen LogP contribution is 2.27. The average molecular weight is 370 g/mol. The lowest BCUT2D eigenvalue weighted by molar-refractivity contribution is 0.414. The predicted molar refractivity (Wildman–Crippen MR) is 96.4 cm³/mol. The van der Waals surface area contributed by atoms with Crippen molar-refractivity contribution in [2.24, 2.45) is 5.92 Å². The van der Waals surface area contributed by atoms with Crippen LogP contribution >= 0.6 is 11.6 Å². The normalized spacial score (nSPS) is 11.4. The summed E-state index contributed by atoms with van der Waals surface area (Å²) in [5.41, 5.74) is 0.833. The molecule has 0 fully saturated rings. The maximum absolute atomic E-state index is 12.4. The molecule has 0 aliphatic rings. The first-order valence-corrected chi connectivity index (χ1v) is 9.24. The van der Waals surface area contributed by atoms with E-state index in [1.54, 1.807) is 18.3 Å². The van der Waals surface area contributed by atoms with Gasteiger partial charge in [-0.25, -0.2) is 13.4 Å². The van der Waals surface area contributed by atoms with Crippen molar-refractivity contribution in [3.63, 3.8) is 0 Å². The number of nitrogens with zero attached hydrogens (tertiary/aromatic N) is 1. The zero-order valence-corrected chi connectivity index (χ0v) is 15.3. The number of halogens is 1. The van der Waals surface area contributed by atoms with Crippen LogP contribution in [0.4, 0.5) is 11.5 Å². The molecule has 2 rings (SSSR count). The molecule has 130 valence electrons. The number of methoxy groups -OCH3 is 1. The maximum atomic E-state index is 12.4. The topological polar surface area (TPSA) is 80.3 Å². The molecular formula is C16H20ClN3O3S. The molecule has 0 spiro atoms. The first kappa shape index (κ1) is 18.4. The highest BCUT2D eigenvalue weighted by Gasteiger charge is 2.16. The Balaban J connectivity index is 2.12. The molecular weight excluding hydrogens is 350 g/mol. The highest BCUT2D eigenvalue weighted by molar-refractivity contribution is 7.92. The predicted octanol–water partition coefficient (Wildman–Crippen LogP) is 3.61. The summed E-state index contributed by atoms with van der Waals surface area (Å²) < 4.78 is 32.2. The summed E-state index contributed by atoms with van der Waals surface area (Å²) in [5.74, 6) is 1.15. The van der Waals surface area contributed by atoms with Crippen LogP contribution in [0.5, 0.6) is 5.75 Å². The molecule has 2 N–H and O–H groups in total. The summed E-state index contributed by atoms with van der Waals surface area (Å²) in [7, 11) is -2.31. The van der Waals surface area contributed by atoms with Gasteiger partial charge in [0, 0.05) is 6.54 Å². The van der Waals surface area contributed by atoms with Crippen LogP contribution in [0.25, 0.3) is 0 Å². The molecule has 0 amide bonds. The standard InChI is InChI=1S/C16H20ClN3O3S/c1-11(2)9-18-12-4-7-16(19-10-12)20-24(21,22)13-5-6-15(23-3)14(17)8-13/h4-8,10-11,18H,9H2,1-3H3,(H,19,20). The number of anilines is 2. The smallest absolute Gasteiger partial charge is 0.263 e. The Bertz CT molecular complexity index is 793. The summed E-state index contributed by atoms with van der Waals surface area (Å²) in [5, 5.41) is 3.44. The molecule has 0 saturated carbocycles. The van der Waals surface area contributed by atoms with Gasteiger partial charge in [-0.2, -0.15) is 0 Å². The second kappa shape index (κ2) is 7.72. The van der Waals surface area contributed by atoms with Gasteiger partial charge in [-0.05, 0) is 36.2 Å². The third kappa shape index (κ3) is 4.75. The lowest BCUT2D eigenvalue weighted by Crippen LogP contribution is -2.14. The van der Waals surface area contributed by atoms with E-state index in [2.05, 4.69) is 28.9 Å². The third-order valence-electron chi connectivity index (χ3n) is 3.15. The van der Waals surface area contributed by atoms with Gasteiger partial charge >= 0.3 is 0 Å². The Morgan fingerprint density at radius 3 is 2.54 bits per heavy atom. The van der Waals surface area contributed by atoms with E-state index in [-0.39, 0.29) is 15.7 Å². The van der Waals surface area contributed by atoms with E-state index < -0.39 is 10.0 Å². The van der Waals surface area contributed by atoms with Crippen LogP contribution in [0.2, 0.25) is 5.02 Å². The number of pyridine rings is 1. The van der Waals surface area contributed by atoms with Crippen LogP contribution in [0.15, 0.2) is 41.4 Å². The minimum Gasteiger partial charge on any atom is -0.495 e. The Labute approximate surface area is 147 Å². The van der Waals surface area contributed by atoms with Crippen LogP contribution in [-0.2, 0) is 10.0 Å². The summed E-state index contributed by atoms with van der Waals surface area (Å²) in [4.78, 5) is 4.15. The van der Waals surface area contributed by atoms with Crippen LogP contribution in [-0.4, -0.2) is 27.1 Å². The van der Waals surface area contributed by atoms with Gasteiger partial charge < -0.3 is 10.1 Å². The Hall–Kier alpha value is -1.99. The number of hydrogen-bond acceptors (Lipinski definition) is 5. The van der Waals surface area contributed by atoms with Gasteiger partial charge in [0.1, 0.15) is 11.6 Å². The fourth-order valence-corrected chi connectivity index (χ4v) is 3.25. The van der Waals surface area contributed by atoms with Crippen molar-refractivity contribution >= 4 is 33.1 Å². The van der Waals surface area contributed by atoms with Gasteiger partial charge in [-0.1, -0.05) is 25.4 Å². The van der Waals surface area contributed by atoms with Crippen LogP contribution < -0.4 is 14.8 Å². The van der Waals surface area contributed by atoms with Crippen molar-refractivity contribution in [1.82, 2.24) is 4.98 Å². The zero-order chi connectivity index (χ0) is 17.7. The Kier molecular flexibility index (Phi) is 5.90. The first-order valence-electron chi connectivity index (χ1n) is 7.38. The van der Waals surface area contributed by atoms with Crippen molar-refractivity contribution in [2.45, 2.75) is 18.7 Å². The van der Waals surface area contributed by atoms with Crippen LogP contribution in [0.3, 0.4) is 0 Å². The van der Waals surface area contributed by atoms with E-state index in [1.165, 1.54) is 25.3 Å². The zero-order valence-electron chi connectivity index (χ0n) is 13.7. The summed E-state index contributed by atoms with van der Waals surface area (Å²) >= 11 is 5.98. The molecule has 24 heavy (non-hydrogen) atoms. The van der Waals surface area contributed by atoms with Crippen molar-refractivity contribution in [1.29, 1.82) is 0 Å². The molecule has 1 heterocycles. The number of hydrogen-bond donors (Lipinski definition) is 2. The number of aromatic nitrogens is 1. The lowest BCUT2D eigenvalue weighted by Gasteiger charge is -2.11.